The molecular weight excluding hydrogens is 380 g/mol. The summed E-state index contributed by atoms with van der Waals surface area (Å²) in [5.41, 5.74) is 1.13. The van der Waals surface area contributed by atoms with Gasteiger partial charge in [0.05, 0.1) is 11.3 Å². The summed E-state index contributed by atoms with van der Waals surface area (Å²) in [7, 11) is 0. The first-order valence-electron chi connectivity index (χ1n) is 9.13. The number of rotatable bonds is 5. The van der Waals surface area contributed by atoms with E-state index in [0.29, 0.717) is 29.2 Å². The molecule has 146 valence electrons. The number of carboxylic acid groups (broad SMARTS) is 1. The van der Waals surface area contributed by atoms with Crippen molar-refractivity contribution in [2.24, 2.45) is 11.8 Å². The molecule has 1 saturated carbocycles. The number of hydrogen-bond donors (Lipinski definition) is 2. The second kappa shape index (κ2) is 8.89. The van der Waals surface area contributed by atoms with E-state index in [-0.39, 0.29) is 5.56 Å². The van der Waals surface area contributed by atoms with Gasteiger partial charge < -0.3 is 20.5 Å². The molecule has 1 aliphatic rings. The highest BCUT2D eigenvalue weighted by Crippen LogP contribution is 2.31. The van der Waals surface area contributed by atoms with Crippen molar-refractivity contribution in [3.8, 4) is 0 Å². The normalized spacial score (nSPS) is 18.9. The molecule has 7 heteroatoms. The van der Waals surface area contributed by atoms with Gasteiger partial charge in [0, 0.05) is 28.5 Å². The SMILES string of the molecule is O=C(Nc1cccc(Cl)c1)c1ccccc1NC(=O)[C@H]1CCCC[C@@H]1C(=O)[O-]. The standard InChI is InChI=1S/C21H21ClN2O4/c22-13-6-5-7-14(12-13)23-20(26)17-10-3-4-11-18(17)24-19(25)15-8-1-2-9-16(15)21(27)28/h3-7,10-12,15-16H,1-2,8-9H2,(H,23,26)(H,24,25)(H,27,28)/p-1/t15-,16-/m0/s1. The Morgan fingerprint density at radius 2 is 1.64 bits per heavy atom. The van der Waals surface area contributed by atoms with Crippen molar-refractivity contribution in [1.82, 2.24) is 0 Å². The Balaban J connectivity index is 1.77. The number of carbonyl (C=O) groups excluding carboxylic acids is 3. The summed E-state index contributed by atoms with van der Waals surface area (Å²) >= 11 is 5.94. The van der Waals surface area contributed by atoms with Gasteiger partial charge in [-0.05, 0) is 43.2 Å². The Morgan fingerprint density at radius 1 is 0.929 bits per heavy atom. The minimum Gasteiger partial charge on any atom is -0.550 e. The van der Waals surface area contributed by atoms with E-state index in [0.717, 1.165) is 12.8 Å². The summed E-state index contributed by atoms with van der Waals surface area (Å²) in [5.74, 6) is -3.48. The summed E-state index contributed by atoms with van der Waals surface area (Å²) < 4.78 is 0. The maximum atomic E-state index is 12.7. The number of benzene rings is 2. The smallest absolute Gasteiger partial charge is 0.257 e. The third-order valence-corrected chi connectivity index (χ3v) is 5.15. The molecule has 0 spiro atoms. The van der Waals surface area contributed by atoms with Crippen LogP contribution in [0.25, 0.3) is 0 Å². The van der Waals surface area contributed by atoms with Crippen molar-refractivity contribution in [1.29, 1.82) is 0 Å². The maximum absolute atomic E-state index is 12.7. The number of carboxylic acids is 1. The molecule has 2 aromatic carbocycles. The number of amides is 2. The highest BCUT2D eigenvalue weighted by molar-refractivity contribution is 6.31. The minimum atomic E-state index is -1.20. The zero-order valence-corrected chi connectivity index (χ0v) is 15.9. The van der Waals surface area contributed by atoms with Gasteiger partial charge in [0.15, 0.2) is 0 Å². The fourth-order valence-corrected chi connectivity index (χ4v) is 3.70. The van der Waals surface area contributed by atoms with Gasteiger partial charge in [0.1, 0.15) is 0 Å². The van der Waals surface area contributed by atoms with Gasteiger partial charge in [-0.15, -0.1) is 0 Å². The van der Waals surface area contributed by atoms with Crippen molar-refractivity contribution in [3.63, 3.8) is 0 Å². The number of aliphatic carboxylic acids is 1. The van der Waals surface area contributed by atoms with Crippen LogP contribution in [-0.2, 0) is 9.59 Å². The Labute approximate surface area is 167 Å². The van der Waals surface area contributed by atoms with E-state index in [1.165, 1.54) is 0 Å². The monoisotopic (exact) mass is 399 g/mol. The van der Waals surface area contributed by atoms with Crippen LogP contribution in [0.5, 0.6) is 0 Å². The molecule has 2 N–H and O–H groups in total. The molecule has 0 aromatic heterocycles. The topological polar surface area (TPSA) is 98.3 Å². The zero-order valence-electron chi connectivity index (χ0n) is 15.1. The second-order valence-electron chi connectivity index (χ2n) is 6.82. The molecule has 0 unspecified atom stereocenters. The molecule has 3 rings (SSSR count). The first kappa shape index (κ1) is 19.9. The molecule has 0 heterocycles. The summed E-state index contributed by atoms with van der Waals surface area (Å²) in [4.78, 5) is 36.7. The van der Waals surface area contributed by atoms with Crippen molar-refractivity contribution in [3.05, 3.63) is 59.1 Å². The van der Waals surface area contributed by atoms with Crippen LogP contribution in [0.3, 0.4) is 0 Å². The van der Waals surface area contributed by atoms with E-state index in [1.54, 1.807) is 48.5 Å². The zero-order chi connectivity index (χ0) is 20.1. The molecule has 0 saturated heterocycles. The van der Waals surface area contributed by atoms with Crippen LogP contribution in [-0.4, -0.2) is 17.8 Å². The Hall–Kier alpha value is -2.86. The molecular formula is C21H20ClN2O4-. The van der Waals surface area contributed by atoms with E-state index >= 15 is 0 Å². The molecule has 28 heavy (non-hydrogen) atoms. The molecule has 2 amide bonds. The summed E-state index contributed by atoms with van der Waals surface area (Å²) in [6, 6.07) is 13.3. The molecule has 0 aliphatic heterocycles. The quantitative estimate of drug-likeness (QED) is 0.807. The third kappa shape index (κ3) is 4.70. The van der Waals surface area contributed by atoms with E-state index in [1.807, 2.05) is 0 Å². The van der Waals surface area contributed by atoms with Crippen LogP contribution in [0.15, 0.2) is 48.5 Å². The highest BCUT2D eigenvalue weighted by atomic mass is 35.5. The number of para-hydroxylation sites is 1. The summed E-state index contributed by atoms with van der Waals surface area (Å²) in [5, 5.41) is 17.3. The lowest BCUT2D eigenvalue weighted by molar-refractivity contribution is -0.313. The van der Waals surface area contributed by atoms with Crippen molar-refractivity contribution >= 4 is 40.8 Å². The highest BCUT2D eigenvalue weighted by Gasteiger charge is 2.32. The average molecular weight is 400 g/mol. The number of anilines is 2. The maximum Gasteiger partial charge on any atom is 0.257 e. The minimum absolute atomic E-state index is 0.275. The first-order valence-corrected chi connectivity index (χ1v) is 9.51. The lowest BCUT2D eigenvalue weighted by Crippen LogP contribution is -2.42. The Morgan fingerprint density at radius 3 is 2.36 bits per heavy atom. The van der Waals surface area contributed by atoms with Crippen molar-refractivity contribution in [2.45, 2.75) is 25.7 Å². The molecule has 1 aliphatic carbocycles. The molecule has 2 atom stereocenters. The molecule has 2 aromatic rings. The van der Waals surface area contributed by atoms with Crippen LogP contribution in [0.2, 0.25) is 5.02 Å². The molecule has 1 fully saturated rings. The summed E-state index contributed by atoms with van der Waals surface area (Å²) in [6.07, 6.45) is 2.47. The fraction of sp³-hybridized carbons (Fsp3) is 0.286. The van der Waals surface area contributed by atoms with E-state index in [4.69, 9.17) is 11.6 Å². The van der Waals surface area contributed by atoms with Gasteiger partial charge in [-0.25, -0.2) is 0 Å². The van der Waals surface area contributed by atoms with Crippen LogP contribution in [0.4, 0.5) is 11.4 Å². The molecule has 0 radical (unpaired) electrons. The lowest BCUT2D eigenvalue weighted by atomic mass is 9.78. The van der Waals surface area contributed by atoms with Crippen LogP contribution < -0.4 is 15.7 Å². The first-order chi connectivity index (χ1) is 13.5. The van der Waals surface area contributed by atoms with Crippen molar-refractivity contribution < 1.29 is 19.5 Å². The molecule has 0 bridgehead atoms. The second-order valence-corrected chi connectivity index (χ2v) is 7.25. The predicted molar refractivity (Wildman–Crippen MR) is 105 cm³/mol. The van der Waals surface area contributed by atoms with Crippen LogP contribution >= 0.6 is 11.6 Å². The van der Waals surface area contributed by atoms with Crippen LogP contribution in [0, 0.1) is 11.8 Å². The lowest BCUT2D eigenvalue weighted by Gasteiger charge is -2.31. The van der Waals surface area contributed by atoms with Crippen molar-refractivity contribution in [2.75, 3.05) is 10.6 Å². The van der Waals surface area contributed by atoms with E-state index in [2.05, 4.69) is 10.6 Å². The Kier molecular flexibility index (Phi) is 6.31. The number of nitrogens with one attached hydrogen (secondary N) is 2. The summed E-state index contributed by atoms with van der Waals surface area (Å²) in [6.45, 7) is 0. The van der Waals surface area contributed by atoms with E-state index < -0.39 is 29.6 Å². The van der Waals surface area contributed by atoms with Gasteiger partial charge in [-0.1, -0.05) is 42.6 Å². The third-order valence-electron chi connectivity index (χ3n) is 4.92. The number of carbonyl (C=O) groups is 3. The van der Waals surface area contributed by atoms with Gasteiger partial charge >= 0.3 is 0 Å². The number of halogens is 1. The Bertz CT molecular complexity index is 899. The van der Waals surface area contributed by atoms with Gasteiger partial charge in [-0.2, -0.15) is 0 Å². The predicted octanol–water partition coefficient (Wildman–Crippen LogP) is 3.09. The van der Waals surface area contributed by atoms with Gasteiger partial charge in [0.2, 0.25) is 5.91 Å². The average Bonchev–Trinajstić information content (AvgIpc) is 2.68. The van der Waals surface area contributed by atoms with Crippen LogP contribution in [0.1, 0.15) is 36.0 Å². The van der Waals surface area contributed by atoms with Gasteiger partial charge in [-0.3, -0.25) is 9.59 Å². The van der Waals surface area contributed by atoms with Gasteiger partial charge in [0.25, 0.3) is 5.91 Å². The molecule has 6 nitrogen and oxygen atoms in total. The van der Waals surface area contributed by atoms with E-state index in [9.17, 15) is 19.5 Å². The fourth-order valence-electron chi connectivity index (χ4n) is 3.51. The largest absolute Gasteiger partial charge is 0.550 e. The number of hydrogen-bond acceptors (Lipinski definition) is 4.